The van der Waals surface area contributed by atoms with Crippen LogP contribution in [-0.4, -0.2) is 50.7 Å². The van der Waals surface area contributed by atoms with Crippen molar-refractivity contribution in [3.8, 4) is 0 Å². The lowest BCUT2D eigenvalue weighted by molar-refractivity contribution is -0.387. The van der Waals surface area contributed by atoms with Gasteiger partial charge in [0.05, 0.1) is 10.5 Å². The summed E-state index contributed by atoms with van der Waals surface area (Å²) in [6, 6.07) is 9.32. The first-order valence-electron chi connectivity index (χ1n) is 9.08. The summed E-state index contributed by atoms with van der Waals surface area (Å²) < 4.78 is 62.5. The number of anilines is 1. The Morgan fingerprint density at radius 2 is 1.70 bits per heavy atom. The maximum absolute atomic E-state index is 12.9. The summed E-state index contributed by atoms with van der Waals surface area (Å²) in [5.41, 5.74) is -0.400. The summed E-state index contributed by atoms with van der Waals surface area (Å²) in [6.07, 6.45) is -3.48. The zero-order valence-corrected chi connectivity index (χ0v) is 16.9. The van der Waals surface area contributed by atoms with Gasteiger partial charge in [-0.2, -0.15) is 13.2 Å². The molecule has 0 aliphatic carbocycles. The van der Waals surface area contributed by atoms with Crippen molar-refractivity contribution in [3.63, 3.8) is 0 Å². The van der Waals surface area contributed by atoms with Gasteiger partial charge in [0.2, 0.25) is 0 Å². The highest BCUT2D eigenvalue weighted by Gasteiger charge is 2.32. The summed E-state index contributed by atoms with van der Waals surface area (Å²) in [5.74, 6) is 0. The first kappa shape index (κ1) is 22.0. The number of halogens is 3. The van der Waals surface area contributed by atoms with Crippen LogP contribution in [0.25, 0.3) is 0 Å². The van der Waals surface area contributed by atoms with Gasteiger partial charge in [0.15, 0.2) is 9.84 Å². The van der Waals surface area contributed by atoms with Crippen LogP contribution in [0.3, 0.4) is 0 Å². The molecule has 11 heteroatoms. The van der Waals surface area contributed by atoms with Crippen LogP contribution in [-0.2, 0) is 22.6 Å². The van der Waals surface area contributed by atoms with E-state index in [1.165, 1.54) is 24.3 Å². The van der Waals surface area contributed by atoms with Crippen LogP contribution < -0.4 is 4.90 Å². The maximum Gasteiger partial charge on any atom is 0.416 e. The standard InChI is InChI=1S/C19H20F3N3O4S/c1-30(28,29)17-7-3-6-16(18(17)25(26)27)24-10-8-23(9-11-24)13-14-4-2-5-15(12-14)19(20,21)22/h2-7,12H,8-11,13H2,1H3. The van der Waals surface area contributed by atoms with Gasteiger partial charge in [-0.1, -0.05) is 24.3 Å². The fourth-order valence-electron chi connectivity index (χ4n) is 3.50. The molecule has 0 N–H and O–H groups in total. The highest BCUT2D eigenvalue weighted by molar-refractivity contribution is 7.90. The van der Waals surface area contributed by atoms with E-state index in [-0.39, 0.29) is 10.6 Å². The first-order valence-corrected chi connectivity index (χ1v) is 11.0. The molecule has 0 unspecified atom stereocenters. The lowest BCUT2D eigenvalue weighted by Gasteiger charge is -2.36. The lowest BCUT2D eigenvalue weighted by atomic mass is 10.1. The van der Waals surface area contributed by atoms with E-state index in [4.69, 9.17) is 0 Å². The average molecular weight is 443 g/mol. The SMILES string of the molecule is CS(=O)(=O)c1cccc(N2CCN(Cc3cccc(C(F)(F)F)c3)CC2)c1[N+](=O)[O-]. The van der Waals surface area contributed by atoms with Crippen molar-refractivity contribution in [1.82, 2.24) is 4.90 Å². The van der Waals surface area contributed by atoms with Crippen molar-refractivity contribution in [3.05, 3.63) is 63.7 Å². The summed E-state index contributed by atoms with van der Waals surface area (Å²) in [7, 11) is -3.78. The highest BCUT2D eigenvalue weighted by atomic mass is 32.2. The van der Waals surface area contributed by atoms with Gasteiger partial charge in [-0.15, -0.1) is 0 Å². The van der Waals surface area contributed by atoms with Crippen molar-refractivity contribution in [2.24, 2.45) is 0 Å². The Bertz CT molecular complexity index is 1050. The van der Waals surface area contributed by atoms with Gasteiger partial charge in [-0.3, -0.25) is 15.0 Å². The molecule has 3 rings (SSSR count). The molecule has 0 saturated carbocycles. The van der Waals surface area contributed by atoms with Gasteiger partial charge in [0, 0.05) is 39.0 Å². The second-order valence-corrected chi connectivity index (χ2v) is 9.10. The molecule has 7 nitrogen and oxygen atoms in total. The maximum atomic E-state index is 12.9. The van der Waals surface area contributed by atoms with Crippen LogP contribution >= 0.6 is 0 Å². The van der Waals surface area contributed by atoms with Crippen molar-refractivity contribution in [1.29, 1.82) is 0 Å². The molecule has 30 heavy (non-hydrogen) atoms. The molecule has 0 atom stereocenters. The van der Waals surface area contributed by atoms with Gasteiger partial charge < -0.3 is 4.90 Å². The Labute approximate surface area is 171 Å². The fraction of sp³-hybridized carbons (Fsp3) is 0.368. The number of nitro groups is 1. The van der Waals surface area contributed by atoms with Crippen LogP contribution in [0.4, 0.5) is 24.5 Å². The molecule has 1 heterocycles. The van der Waals surface area contributed by atoms with Crippen molar-refractivity contribution in [2.45, 2.75) is 17.6 Å². The zero-order chi connectivity index (χ0) is 22.1. The number of nitro benzene ring substituents is 1. The Balaban J connectivity index is 1.75. The van der Waals surface area contributed by atoms with E-state index < -0.39 is 32.2 Å². The summed E-state index contributed by atoms with van der Waals surface area (Å²) in [6.45, 7) is 2.02. The molecule has 162 valence electrons. The Morgan fingerprint density at radius 3 is 2.27 bits per heavy atom. The van der Waals surface area contributed by atoms with Crippen LogP contribution in [0.15, 0.2) is 47.4 Å². The summed E-state index contributed by atoms with van der Waals surface area (Å²) in [5, 5.41) is 11.6. The minimum atomic E-state index is -4.40. The van der Waals surface area contributed by atoms with Crippen LogP contribution in [0, 0.1) is 10.1 Å². The Kier molecular flexibility index (Phi) is 6.04. The smallest absolute Gasteiger partial charge is 0.363 e. The number of hydrogen-bond acceptors (Lipinski definition) is 6. The largest absolute Gasteiger partial charge is 0.416 e. The third kappa shape index (κ3) is 4.90. The van der Waals surface area contributed by atoms with E-state index in [1.807, 2.05) is 4.90 Å². The Morgan fingerprint density at radius 1 is 1.07 bits per heavy atom. The van der Waals surface area contributed by atoms with Crippen molar-refractivity contribution >= 4 is 21.2 Å². The predicted molar refractivity (Wildman–Crippen MR) is 105 cm³/mol. The molecule has 1 aliphatic heterocycles. The normalized spacial score (nSPS) is 15.9. The van der Waals surface area contributed by atoms with E-state index in [2.05, 4.69) is 0 Å². The van der Waals surface area contributed by atoms with Crippen LogP contribution in [0.5, 0.6) is 0 Å². The zero-order valence-electron chi connectivity index (χ0n) is 16.1. The molecule has 0 bridgehead atoms. The number of piperazine rings is 1. The number of hydrogen-bond donors (Lipinski definition) is 0. The number of rotatable bonds is 5. The van der Waals surface area contributed by atoms with E-state index >= 15 is 0 Å². The van der Waals surface area contributed by atoms with Crippen LogP contribution in [0.2, 0.25) is 0 Å². The highest BCUT2D eigenvalue weighted by Crippen LogP contribution is 2.35. The molecule has 1 aliphatic rings. The molecule has 1 fully saturated rings. The Hall–Kier alpha value is -2.66. The van der Waals surface area contributed by atoms with Crippen molar-refractivity contribution in [2.75, 3.05) is 37.3 Å². The van der Waals surface area contributed by atoms with E-state index in [9.17, 15) is 31.7 Å². The lowest BCUT2D eigenvalue weighted by Crippen LogP contribution is -2.46. The molecule has 2 aromatic carbocycles. The molecule has 0 radical (unpaired) electrons. The molecule has 2 aromatic rings. The number of alkyl halides is 3. The van der Waals surface area contributed by atoms with E-state index in [1.54, 1.807) is 11.0 Å². The predicted octanol–water partition coefficient (Wildman–Crippen LogP) is 3.34. The van der Waals surface area contributed by atoms with Gasteiger partial charge in [0.25, 0.3) is 0 Å². The van der Waals surface area contributed by atoms with E-state index in [0.717, 1.165) is 18.4 Å². The third-order valence-electron chi connectivity index (χ3n) is 4.93. The second-order valence-electron chi connectivity index (χ2n) is 7.11. The fourth-order valence-corrected chi connectivity index (χ4v) is 4.36. The number of para-hydroxylation sites is 1. The quantitative estimate of drug-likeness (QED) is 0.521. The average Bonchev–Trinajstić information content (AvgIpc) is 2.67. The monoisotopic (exact) mass is 443 g/mol. The number of nitrogens with zero attached hydrogens (tertiary/aromatic N) is 3. The summed E-state index contributed by atoms with van der Waals surface area (Å²) in [4.78, 5) is 14.2. The molecule has 0 aromatic heterocycles. The van der Waals surface area contributed by atoms with Gasteiger partial charge in [0.1, 0.15) is 10.6 Å². The van der Waals surface area contributed by atoms with E-state index in [0.29, 0.717) is 38.3 Å². The minimum absolute atomic E-state index is 0.224. The second kappa shape index (κ2) is 8.23. The first-order chi connectivity index (χ1) is 14.0. The number of sulfone groups is 1. The summed E-state index contributed by atoms with van der Waals surface area (Å²) >= 11 is 0. The topological polar surface area (TPSA) is 83.8 Å². The number of benzene rings is 2. The molecular formula is C19H20F3N3O4S. The molecule has 1 saturated heterocycles. The van der Waals surface area contributed by atoms with Crippen molar-refractivity contribution < 1.29 is 26.5 Å². The van der Waals surface area contributed by atoms with Gasteiger partial charge in [-0.05, 0) is 23.8 Å². The van der Waals surface area contributed by atoms with Crippen LogP contribution in [0.1, 0.15) is 11.1 Å². The molecular weight excluding hydrogens is 423 g/mol. The molecule has 0 spiro atoms. The molecule has 0 amide bonds. The third-order valence-corrected chi connectivity index (χ3v) is 6.06. The minimum Gasteiger partial charge on any atom is -0.363 e. The van der Waals surface area contributed by atoms with Gasteiger partial charge in [-0.25, -0.2) is 8.42 Å². The van der Waals surface area contributed by atoms with Gasteiger partial charge >= 0.3 is 11.9 Å².